The van der Waals surface area contributed by atoms with Crippen molar-refractivity contribution in [3.8, 4) is 0 Å². The molecule has 0 saturated carbocycles. The van der Waals surface area contributed by atoms with Gasteiger partial charge in [0.05, 0.1) is 0 Å². The molecule has 1 amide bonds. The largest absolute Gasteiger partial charge is 0.464 e. The monoisotopic (exact) mass is 200 g/mol. The molecule has 2 N–H and O–H groups in total. The number of unbranched alkanes of at least 4 members (excludes halogenated alkanes) is 2. The Labute approximate surface area is 83.3 Å². The topological polar surface area (TPSA) is 61.8 Å². The number of hydrazine groups is 1. The van der Waals surface area contributed by atoms with Crippen LogP contribution in [0.4, 0.5) is 4.79 Å². The Balaban J connectivity index is 2.11. The second kappa shape index (κ2) is 5.62. The van der Waals surface area contributed by atoms with E-state index < -0.39 is 6.09 Å². The van der Waals surface area contributed by atoms with Gasteiger partial charge in [-0.15, -0.1) is 0 Å². The lowest BCUT2D eigenvalue weighted by Gasteiger charge is -2.15. The summed E-state index contributed by atoms with van der Waals surface area (Å²) in [5.74, 6) is 0. The first kappa shape index (κ1) is 11.0. The Bertz CT molecular complexity index is 218. The van der Waals surface area contributed by atoms with Crippen molar-refractivity contribution >= 4 is 6.09 Å². The fourth-order valence-corrected chi connectivity index (χ4v) is 1.16. The van der Waals surface area contributed by atoms with Crippen molar-refractivity contribution in [2.24, 2.45) is 0 Å². The Morgan fingerprint density at radius 2 is 2.43 bits per heavy atom. The molecule has 1 heterocycles. The Morgan fingerprint density at radius 1 is 1.64 bits per heavy atom. The molecule has 5 nitrogen and oxygen atoms in total. The van der Waals surface area contributed by atoms with Gasteiger partial charge in [0.2, 0.25) is 0 Å². The third kappa shape index (κ3) is 3.35. The minimum atomic E-state index is -1.03. The van der Waals surface area contributed by atoms with Gasteiger partial charge in [0.15, 0.2) is 0 Å². The van der Waals surface area contributed by atoms with Gasteiger partial charge in [0.25, 0.3) is 0 Å². The van der Waals surface area contributed by atoms with Crippen molar-refractivity contribution in [1.82, 2.24) is 10.4 Å². The van der Waals surface area contributed by atoms with Crippen molar-refractivity contribution in [1.29, 1.82) is 0 Å². The fraction of sp³-hybridized carbons (Fsp3) is 0.667. The summed E-state index contributed by atoms with van der Waals surface area (Å²) in [5, 5.41) is 9.59. The molecule has 14 heavy (non-hydrogen) atoms. The van der Waals surface area contributed by atoms with Gasteiger partial charge >= 0.3 is 6.09 Å². The summed E-state index contributed by atoms with van der Waals surface area (Å²) in [7, 11) is 0. The van der Waals surface area contributed by atoms with E-state index in [1.807, 2.05) is 0 Å². The molecule has 0 aromatic heterocycles. The van der Waals surface area contributed by atoms with E-state index in [1.165, 1.54) is 6.20 Å². The second-order valence-electron chi connectivity index (χ2n) is 3.12. The number of nitrogens with zero attached hydrogens (tertiary/aromatic N) is 1. The maximum Gasteiger partial charge on any atom is 0.426 e. The number of hydrogen-bond acceptors (Lipinski definition) is 3. The summed E-state index contributed by atoms with van der Waals surface area (Å²) in [5.41, 5.74) is 2.67. The van der Waals surface area contributed by atoms with Gasteiger partial charge in [-0.2, -0.15) is 5.43 Å². The van der Waals surface area contributed by atoms with Crippen LogP contribution in [0.2, 0.25) is 0 Å². The summed E-state index contributed by atoms with van der Waals surface area (Å²) in [6, 6.07) is 0. The average molecular weight is 200 g/mol. The molecule has 0 radical (unpaired) electrons. The molecular weight excluding hydrogens is 184 g/mol. The van der Waals surface area contributed by atoms with Crippen molar-refractivity contribution in [3.05, 3.63) is 12.3 Å². The minimum absolute atomic E-state index is 0.303. The van der Waals surface area contributed by atoms with Gasteiger partial charge in [0.1, 0.15) is 6.23 Å². The first-order chi connectivity index (χ1) is 6.74. The maximum absolute atomic E-state index is 10.5. The van der Waals surface area contributed by atoms with Gasteiger partial charge in [0, 0.05) is 12.8 Å². The molecule has 1 rings (SSSR count). The van der Waals surface area contributed by atoms with Crippen LogP contribution >= 0.6 is 0 Å². The molecular formula is C9H16N2O3. The van der Waals surface area contributed by atoms with Crippen LogP contribution in [-0.2, 0) is 4.74 Å². The Kier molecular flexibility index (Phi) is 4.42. The molecule has 1 atom stereocenters. The normalized spacial score (nSPS) is 20.4. The summed E-state index contributed by atoms with van der Waals surface area (Å²) in [4.78, 5) is 10.5. The first-order valence-corrected chi connectivity index (χ1v) is 4.82. The first-order valence-electron chi connectivity index (χ1n) is 4.82. The van der Waals surface area contributed by atoms with Crippen molar-refractivity contribution in [2.45, 2.75) is 32.4 Å². The quantitative estimate of drug-likeness (QED) is 0.661. The molecule has 80 valence electrons. The molecule has 0 aromatic carbocycles. The Morgan fingerprint density at radius 3 is 3.00 bits per heavy atom. The smallest absolute Gasteiger partial charge is 0.426 e. The fourth-order valence-electron chi connectivity index (χ4n) is 1.16. The average Bonchev–Trinajstić information content (AvgIpc) is 2.61. The van der Waals surface area contributed by atoms with Gasteiger partial charge in [-0.05, 0) is 12.5 Å². The highest BCUT2D eigenvalue weighted by atomic mass is 16.5. The van der Waals surface area contributed by atoms with Crippen LogP contribution in [0.1, 0.15) is 26.2 Å². The zero-order valence-electron chi connectivity index (χ0n) is 8.27. The van der Waals surface area contributed by atoms with Crippen LogP contribution in [0.5, 0.6) is 0 Å². The molecule has 0 spiro atoms. The molecule has 0 bridgehead atoms. The van der Waals surface area contributed by atoms with Crippen LogP contribution in [0.3, 0.4) is 0 Å². The zero-order chi connectivity index (χ0) is 10.4. The van der Waals surface area contributed by atoms with E-state index in [9.17, 15) is 4.79 Å². The summed E-state index contributed by atoms with van der Waals surface area (Å²) in [6.07, 6.45) is 5.10. The third-order valence-electron chi connectivity index (χ3n) is 1.93. The molecule has 1 aliphatic rings. The maximum atomic E-state index is 10.5. The van der Waals surface area contributed by atoms with Crippen LogP contribution in [0.15, 0.2) is 12.3 Å². The van der Waals surface area contributed by atoms with Crippen LogP contribution < -0.4 is 5.43 Å². The molecule has 0 aliphatic carbocycles. The van der Waals surface area contributed by atoms with E-state index in [0.29, 0.717) is 6.61 Å². The van der Waals surface area contributed by atoms with E-state index in [1.54, 1.807) is 6.08 Å². The van der Waals surface area contributed by atoms with Crippen LogP contribution in [0, 0.1) is 0 Å². The van der Waals surface area contributed by atoms with Crippen LogP contribution in [0.25, 0.3) is 0 Å². The van der Waals surface area contributed by atoms with E-state index >= 15 is 0 Å². The lowest BCUT2D eigenvalue weighted by atomic mass is 10.3. The third-order valence-corrected chi connectivity index (χ3v) is 1.93. The van der Waals surface area contributed by atoms with E-state index in [2.05, 4.69) is 12.3 Å². The number of hydrogen-bond donors (Lipinski definition) is 2. The van der Waals surface area contributed by atoms with Crippen molar-refractivity contribution < 1.29 is 14.6 Å². The highest BCUT2D eigenvalue weighted by molar-refractivity contribution is 5.66. The second-order valence-corrected chi connectivity index (χ2v) is 3.12. The SMILES string of the molecule is CCCCCOC1C=CN(C(=O)O)N1. The number of carbonyl (C=O) groups is 1. The number of nitrogens with one attached hydrogen (secondary N) is 1. The molecule has 0 aromatic rings. The lowest BCUT2D eigenvalue weighted by Crippen LogP contribution is -2.39. The van der Waals surface area contributed by atoms with E-state index in [4.69, 9.17) is 9.84 Å². The molecule has 5 heteroatoms. The van der Waals surface area contributed by atoms with Crippen molar-refractivity contribution in [3.63, 3.8) is 0 Å². The van der Waals surface area contributed by atoms with E-state index in [-0.39, 0.29) is 6.23 Å². The highest BCUT2D eigenvalue weighted by Gasteiger charge is 2.19. The van der Waals surface area contributed by atoms with Crippen LogP contribution in [-0.4, -0.2) is 29.0 Å². The summed E-state index contributed by atoms with van der Waals surface area (Å²) in [6.45, 7) is 2.78. The highest BCUT2D eigenvalue weighted by Crippen LogP contribution is 2.04. The molecule has 1 unspecified atom stereocenters. The van der Waals surface area contributed by atoms with E-state index in [0.717, 1.165) is 24.3 Å². The summed E-state index contributed by atoms with van der Waals surface area (Å²) < 4.78 is 5.38. The predicted octanol–water partition coefficient (Wildman–Crippen LogP) is 1.53. The molecule has 1 aliphatic heterocycles. The summed E-state index contributed by atoms with van der Waals surface area (Å²) >= 11 is 0. The van der Waals surface area contributed by atoms with Gasteiger partial charge in [-0.3, -0.25) is 0 Å². The van der Waals surface area contributed by atoms with Crippen molar-refractivity contribution in [2.75, 3.05) is 6.61 Å². The lowest BCUT2D eigenvalue weighted by molar-refractivity contribution is 0.0323. The standard InChI is InChI=1S/C9H16N2O3/c1-2-3-4-7-14-8-5-6-11(10-8)9(12)13/h5-6,8,10H,2-4,7H2,1H3,(H,12,13). The zero-order valence-corrected chi connectivity index (χ0v) is 8.27. The minimum Gasteiger partial charge on any atom is -0.464 e. The predicted molar refractivity (Wildman–Crippen MR) is 51.4 cm³/mol. The number of rotatable bonds is 5. The molecule has 0 fully saturated rings. The molecule has 0 saturated heterocycles. The van der Waals surface area contributed by atoms with Gasteiger partial charge < -0.3 is 9.84 Å². The van der Waals surface area contributed by atoms with Gasteiger partial charge in [-0.1, -0.05) is 19.8 Å². The number of amides is 1. The number of carboxylic acid groups (broad SMARTS) is 1. The number of ether oxygens (including phenoxy) is 1. The Hall–Kier alpha value is -1.07. The van der Waals surface area contributed by atoms with Gasteiger partial charge in [-0.25, -0.2) is 9.80 Å².